The molecule has 0 spiro atoms. The highest BCUT2D eigenvalue weighted by Crippen LogP contribution is 2.39. The summed E-state index contributed by atoms with van der Waals surface area (Å²) in [7, 11) is 1.65. The van der Waals surface area contributed by atoms with Gasteiger partial charge in [0.1, 0.15) is 10.8 Å². The summed E-state index contributed by atoms with van der Waals surface area (Å²) in [5.74, 6) is 0.757. The van der Waals surface area contributed by atoms with E-state index >= 15 is 0 Å². The van der Waals surface area contributed by atoms with Crippen LogP contribution in [0.4, 0.5) is 0 Å². The summed E-state index contributed by atoms with van der Waals surface area (Å²) in [5, 5.41) is 1.63. The Hall–Kier alpha value is -1.10. The summed E-state index contributed by atoms with van der Waals surface area (Å²) in [6.45, 7) is 0. The molecule has 1 aliphatic rings. The lowest BCUT2D eigenvalue weighted by atomic mass is 9.99. The molecule has 0 saturated heterocycles. The highest BCUT2D eigenvalue weighted by atomic mass is 35.5. The van der Waals surface area contributed by atoms with E-state index < -0.39 is 0 Å². The zero-order valence-electron chi connectivity index (χ0n) is 10.6. The normalized spacial score (nSPS) is 18.2. The summed E-state index contributed by atoms with van der Waals surface area (Å²) < 4.78 is 5.39. The number of aromatic nitrogens is 1. The minimum absolute atomic E-state index is 0.0760. The Kier molecular flexibility index (Phi) is 3.48. The summed E-state index contributed by atoms with van der Waals surface area (Å²) in [4.78, 5) is 6.02. The van der Waals surface area contributed by atoms with Crippen LogP contribution in [0, 0.1) is 0 Å². The van der Waals surface area contributed by atoms with E-state index in [1.165, 1.54) is 4.88 Å². The molecular formula is C14H15ClN2OS. The van der Waals surface area contributed by atoms with Crippen LogP contribution in [-0.2, 0) is 6.42 Å². The molecule has 2 aromatic rings. The van der Waals surface area contributed by atoms with Gasteiger partial charge in [-0.15, -0.1) is 11.3 Å². The number of hydrogen-bond donors (Lipinski definition) is 1. The smallest absolute Gasteiger partial charge is 0.130 e. The fraction of sp³-hybridized carbons (Fsp3) is 0.357. The first kappa shape index (κ1) is 12.9. The maximum absolute atomic E-state index is 6.12. The molecule has 0 bridgehead atoms. The second-order valence-corrected chi connectivity index (χ2v) is 6.19. The summed E-state index contributed by atoms with van der Waals surface area (Å²) in [5.41, 5.74) is 8.17. The second kappa shape index (κ2) is 5.12. The second-order valence-electron chi connectivity index (χ2n) is 4.67. The maximum atomic E-state index is 6.12. The van der Waals surface area contributed by atoms with E-state index in [-0.39, 0.29) is 6.04 Å². The minimum Gasteiger partial charge on any atom is -0.496 e. The predicted octanol–water partition coefficient (Wildman–Crippen LogP) is 3.81. The molecule has 5 heteroatoms. The maximum Gasteiger partial charge on any atom is 0.130 e. The lowest BCUT2D eigenvalue weighted by Gasteiger charge is -2.15. The molecule has 100 valence electrons. The van der Waals surface area contributed by atoms with Gasteiger partial charge in [-0.25, -0.2) is 4.98 Å². The molecule has 1 unspecified atom stereocenters. The zero-order valence-corrected chi connectivity index (χ0v) is 12.2. The highest BCUT2D eigenvalue weighted by molar-refractivity contribution is 7.15. The summed E-state index contributed by atoms with van der Waals surface area (Å²) in [6.07, 6.45) is 3.25. The van der Waals surface area contributed by atoms with Crippen molar-refractivity contribution in [3.05, 3.63) is 33.8 Å². The van der Waals surface area contributed by atoms with Crippen LogP contribution < -0.4 is 10.5 Å². The van der Waals surface area contributed by atoms with Crippen molar-refractivity contribution >= 4 is 22.9 Å². The standard InChI is InChI=1S/C14H15ClN2OS/c1-18-11-7-8(15)5-6-9(11)14-17-13-10(16)3-2-4-12(13)19-14/h5-7,10H,2-4,16H2,1H3. The van der Waals surface area contributed by atoms with Crippen molar-refractivity contribution in [1.82, 2.24) is 4.98 Å². The Morgan fingerprint density at radius 3 is 3.05 bits per heavy atom. The SMILES string of the molecule is COc1cc(Cl)ccc1-c1nc2c(s1)CCCC2N. The molecule has 3 nitrogen and oxygen atoms in total. The largest absolute Gasteiger partial charge is 0.496 e. The Labute approximate surface area is 121 Å². The van der Waals surface area contributed by atoms with Gasteiger partial charge in [0, 0.05) is 15.9 Å². The van der Waals surface area contributed by atoms with Gasteiger partial charge in [0.25, 0.3) is 0 Å². The van der Waals surface area contributed by atoms with E-state index in [4.69, 9.17) is 27.1 Å². The Morgan fingerprint density at radius 2 is 2.32 bits per heavy atom. The van der Waals surface area contributed by atoms with Crippen LogP contribution in [0.15, 0.2) is 18.2 Å². The van der Waals surface area contributed by atoms with Crippen molar-refractivity contribution in [2.24, 2.45) is 5.73 Å². The van der Waals surface area contributed by atoms with Gasteiger partial charge in [-0.2, -0.15) is 0 Å². The van der Waals surface area contributed by atoms with Gasteiger partial charge >= 0.3 is 0 Å². The van der Waals surface area contributed by atoms with Crippen LogP contribution in [0.25, 0.3) is 10.6 Å². The fourth-order valence-corrected chi connectivity index (χ4v) is 3.77. The van der Waals surface area contributed by atoms with Crippen LogP contribution in [0.2, 0.25) is 5.02 Å². The van der Waals surface area contributed by atoms with Crippen molar-refractivity contribution < 1.29 is 4.74 Å². The summed E-state index contributed by atoms with van der Waals surface area (Å²) in [6, 6.07) is 5.71. The molecule has 0 saturated carbocycles. The average molecular weight is 295 g/mol. The van der Waals surface area contributed by atoms with Crippen LogP contribution in [-0.4, -0.2) is 12.1 Å². The molecule has 0 aliphatic heterocycles. The van der Waals surface area contributed by atoms with Crippen molar-refractivity contribution in [2.75, 3.05) is 7.11 Å². The fourth-order valence-electron chi connectivity index (χ4n) is 2.41. The van der Waals surface area contributed by atoms with Gasteiger partial charge in [-0.1, -0.05) is 11.6 Å². The van der Waals surface area contributed by atoms with E-state index in [2.05, 4.69) is 0 Å². The molecule has 0 amide bonds. The monoisotopic (exact) mass is 294 g/mol. The van der Waals surface area contributed by atoms with Crippen molar-refractivity contribution in [1.29, 1.82) is 0 Å². The number of ether oxygens (including phenoxy) is 1. The van der Waals surface area contributed by atoms with Crippen LogP contribution in [0.1, 0.15) is 29.5 Å². The molecule has 0 fully saturated rings. The third-order valence-corrected chi connectivity index (χ3v) is 4.79. The number of benzene rings is 1. The topological polar surface area (TPSA) is 48.1 Å². The number of methoxy groups -OCH3 is 1. The molecule has 1 heterocycles. The molecule has 3 rings (SSSR count). The van der Waals surface area contributed by atoms with E-state index in [1.807, 2.05) is 18.2 Å². The number of fused-ring (bicyclic) bond motifs is 1. The minimum atomic E-state index is 0.0760. The van der Waals surface area contributed by atoms with Crippen molar-refractivity contribution in [3.63, 3.8) is 0 Å². The number of nitrogens with zero attached hydrogens (tertiary/aromatic N) is 1. The molecule has 1 aromatic heterocycles. The molecular weight excluding hydrogens is 280 g/mol. The average Bonchev–Trinajstić information content (AvgIpc) is 2.83. The van der Waals surface area contributed by atoms with Gasteiger partial charge in [-0.05, 0) is 37.5 Å². The van der Waals surface area contributed by atoms with E-state index in [9.17, 15) is 0 Å². The first-order chi connectivity index (χ1) is 9.19. The number of rotatable bonds is 2. The van der Waals surface area contributed by atoms with Crippen molar-refractivity contribution in [3.8, 4) is 16.3 Å². The van der Waals surface area contributed by atoms with E-state index in [0.29, 0.717) is 5.02 Å². The van der Waals surface area contributed by atoms with Crippen LogP contribution in [0.3, 0.4) is 0 Å². The lowest BCUT2D eigenvalue weighted by Crippen LogP contribution is -2.16. The predicted molar refractivity (Wildman–Crippen MR) is 79.0 cm³/mol. The van der Waals surface area contributed by atoms with E-state index in [1.54, 1.807) is 18.4 Å². The first-order valence-electron chi connectivity index (χ1n) is 6.28. The number of halogens is 1. The van der Waals surface area contributed by atoms with Gasteiger partial charge in [0.05, 0.1) is 18.4 Å². The van der Waals surface area contributed by atoms with E-state index in [0.717, 1.165) is 41.3 Å². The van der Waals surface area contributed by atoms with Crippen LogP contribution in [0.5, 0.6) is 5.75 Å². The van der Waals surface area contributed by atoms with Gasteiger partial charge in [0.15, 0.2) is 0 Å². The van der Waals surface area contributed by atoms with Gasteiger partial charge in [0.2, 0.25) is 0 Å². The molecule has 1 aliphatic carbocycles. The number of aryl methyl sites for hydroxylation is 1. The summed E-state index contributed by atoms with van der Waals surface area (Å²) >= 11 is 7.70. The highest BCUT2D eigenvalue weighted by Gasteiger charge is 2.23. The number of thiazole rings is 1. The zero-order chi connectivity index (χ0) is 13.4. The number of hydrogen-bond acceptors (Lipinski definition) is 4. The lowest BCUT2D eigenvalue weighted by molar-refractivity contribution is 0.416. The third kappa shape index (κ3) is 2.36. The van der Waals surface area contributed by atoms with Gasteiger partial charge in [-0.3, -0.25) is 0 Å². The Balaban J connectivity index is 2.08. The van der Waals surface area contributed by atoms with Gasteiger partial charge < -0.3 is 10.5 Å². The van der Waals surface area contributed by atoms with Crippen molar-refractivity contribution in [2.45, 2.75) is 25.3 Å². The molecule has 1 atom stereocenters. The first-order valence-corrected chi connectivity index (χ1v) is 7.47. The van der Waals surface area contributed by atoms with Crippen LogP contribution >= 0.6 is 22.9 Å². The molecule has 19 heavy (non-hydrogen) atoms. The third-order valence-electron chi connectivity index (χ3n) is 3.39. The molecule has 2 N–H and O–H groups in total. The Morgan fingerprint density at radius 1 is 1.47 bits per heavy atom. The Bertz CT molecular complexity index is 611. The quantitative estimate of drug-likeness (QED) is 0.916. The molecule has 1 aromatic carbocycles. The number of nitrogens with two attached hydrogens (primary N) is 1. The molecule has 0 radical (unpaired) electrons.